The molecule has 2 aromatic rings. The van der Waals surface area contributed by atoms with Gasteiger partial charge in [-0.05, 0) is 49.6 Å². The maximum atomic E-state index is 12.7. The minimum atomic E-state index is -1.01. The predicted molar refractivity (Wildman–Crippen MR) is 115 cm³/mol. The van der Waals surface area contributed by atoms with E-state index < -0.39 is 29.9 Å². The number of halogens is 1. The van der Waals surface area contributed by atoms with E-state index in [-0.39, 0.29) is 5.92 Å². The van der Waals surface area contributed by atoms with Gasteiger partial charge in [-0.3, -0.25) is 14.5 Å². The summed E-state index contributed by atoms with van der Waals surface area (Å²) in [6, 6.07) is 13.3. The molecular formula is C22H24ClN3O4. The smallest absolute Gasteiger partial charge is 0.325 e. The summed E-state index contributed by atoms with van der Waals surface area (Å²) in [4.78, 5) is 38.6. The van der Waals surface area contributed by atoms with E-state index in [0.717, 1.165) is 4.90 Å². The van der Waals surface area contributed by atoms with Gasteiger partial charge in [-0.2, -0.15) is 0 Å². The van der Waals surface area contributed by atoms with E-state index in [1.165, 1.54) is 0 Å². The van der Waals surface area contributed by atoms with E-state index in [9.17, 15) is 14.4 Å². The Morgan fingerprint density at radius 1 is 1.20 bits per heavy atom. The van der Waals surface area contributed by atoms with Gasteiger partial charge in [0.15, 0.2) is 5.75 Å². The maximum absolute atomic E-state index is 12.7. The minimum absolute atomic E-state index is 0.206. The Hall–Kier alpha value is -3.06. The van der Waals surface area contributed by atoms with Crippen LogP contribution in [0.2, 0.25) is 5.02 Å². The molecule has 4 amide bonds. The number of nitrogens with one attached hydrogen (secondary N) is 2. The van der Waals surface area contributed by atoms with Crippen LogP contribution in [0.25, 0.3) is 0 Å². The summed E-state index contributed by atoms with van der Waals surface area (Å²) in [6.07, 6.45) is 0.485. The van der Waals surface area contributed by atoms with E-state index in [2.05, 4.69) is 10.6 Å². The third-order valence-electron chi connectivity index (χ3n) is 4.65. The van der Waals surface area contributed by atoms with Gasteiger partial charge in [-0.25, -0.2) is 4.79 Å². The summed E-state index contributed by atoms with van der Waals surface area (Å²) in [6.45, 7) is 5.20. The van der Waals surface area contributed by atoms with Crippen molar-refractivity contribution < 1.29 is 19.1 Å². The summed E-state index contributed by atoms with van der Waals surface area (Å²) < 4.78 is 5.82. The van der Waals surface area contributed by atoms with Crippen molar-refractivity contribution in [3.8, 4) is 11.5 Å². The van der Waals surface area contributed by atoms with Crippen molar-refractivity contribution in [2.24, 2.45) is 5.92 Å². The second kappa shape index (κ2) is 8.75. The van der Waals surface area contributed by atoms with Crippen LogP contribution in [0.3, 0.4) is 0 Å². The molecule has 0 radical (unpaired) electrons. The normalized spacial score (nSPS) is 18.5. The predicted octanol–water partition coefficient (Wildman–Crippen LogP) is 4.43. The number of imide groups is 1. The SMILES string of the molecule is CC(C)C[C@]1(C)NC(=O)N(CC(=O)Nc2cc(Cl)ccc2Oc2ccccc2)C1=O. The van der Waals surface area contributed by atoms with Gasteiger partial charge in [0.2, 0.25) is 5.91 Å². The first kappa shape index (κ1) is 21.6. The third kappa shape index (κ3) is 4.91. The number of carbonyl (C=O) groups excluding carboxylic acids is 3. The molecule has 0 unspecified atom stereocenters. The molecule has 8 heteroatoms. The number of anilines is 1. The number of para-hydroxylation sites is 1. The fourth-order valence-corrected chi connectivity index (χ4v) is 3.66. The maximum Gasteiger partial charge on any atom is 0.325 e. The molecule has 1 atom stereocenters. The third-order valence-corrected chi connectivity index (χ3v) is 4.89. The number of ether oxygens (including phenoxy) is 1. The highest BCUT2D eigenvalue weighted by molar-refractivity contribution is 6.31. The lowest BCUT2D eigenvalue weighted by Crippen LogP contribution is -2.45. The Morgan fingerprint density at radius 3 is 2.57 bits per heavy atom. The van der Waals surface area contributed by atoms with Gasteiger partial charge in [0.25, 0.3) is 5.91 Å². The zero-order valence-electron chi connectivity index (χ0n) is 17.1. The number of nitrogens with zero attached hydrogens (tertiary/aromatic N) is 1. The van der Waals surface area contributed by atoms with E-state index in [1.807, 2.05) is 32.0 Å². The largest absolute Gasteiger partial charge is 0.455 e. The molecule has 1 heterocycles. The van der Waals surface area contributed by atoms with E-state index in [1.54, 1.807) is 37.3 Å². The number of hydrogen-bond acceptors (Lipinski definition) is 4. The number of benzene rings is 2. The molecular weight excluding hydrogens is 406 g/mol. The molecule has 0 saturated carbocycles. The van der Waals surface area contributed by atoms with Crippen LogP contribution in [0.5, 0.6) is 11.5 Å². The fraction of sp³-hybridized carbons (Fsp3) is 0.318. The lowest BCUT2D eigenvalue weighted by Gasteiger charge is -2.23. The average molecular weight is 430 g/mol. The summed E-state index contributed by atoms with van der Waals surface area (Å²) >= 11 is 6.07. The second-order valence-electron chi connectivity index (χ2n) is 7.86. The second-order valence-corrected chi connectivity index (χ2v) is 8.29. The Morgan fingerprint density at radius 2 is 1.90 bits per heavy atom. The monoisotopic (exact) mass is 429 g/mol. The quantitative estimate of drug-likeness (QED) is 0.637. The van der Waals surface area contributed by atoms with Gasteiger partial charge in [0.05, 0.1) is 5.69 Å². The molecule has 30 heavy (non-hydrogen) atoms. The van der Waals surface area contributed by atoms with Crippen molar-refractivity contribution in [1.82, 2.24) is 10.2 Å². The standard InChI is InChI=1S/C22H24ClN3O4/c1-14(2)12-22(3)20(28)26(21(29)25-22)13-19(27)24-17-11-15(23)9-10-18(17)30-16-7-5-4-6-8-16/h4-11,14H,12-13H2,1-3H3,(H,24,27)(H,25,29)/t22-/m0/s1. The first-order chi connectivity index (χ1) is 14.2. The highest BCUT2D eigenvalue weighted by Crippen LogP contribution is 2.32. The van der Waals surface area contributed by atoms with Gasteiger partial charge in [-0.1, -0.05) is 43.6 Å². The van der Waals surface area contributed by atoms with Gasteiger partial charge in [-0.15, -0.1) is 0 Å². The van der Waals surface area contributed by atoms with Gasteiger partial charge < -0.3 is 15.4 Å². The lowest BCUT2D eigenvalue weighted by atomic mass is 9.91. The highest BCUT2D eigenvalue weighted by atomic mass is 35.5. The number of carbonyl (C=O) groups is 3. The zero-order chi connectivity index (χ0) is 21.9. The van der Waals surface area contributed by atoms with Crippen molar-refractivity contribution in [3.05, 3.63) is 53.6 Å². The molecule has 0 bridgehead atoms. The Labute approximate surface area is 180 Å². The molecule has 1 saturated heterocycles. The molecule has 0 spiro atoms. The number of rotatable bonds is 7. The molecule has 2 N–H and O–H groups in total. The number of amides is 4. The van der Waals surface area contributed by atoms with Crippen LogP contribution >= 0.6 is 11.6 Å². The van der Waals surface area contributed by atoms with Gasteiger partial charge in [0.1, 0.15) is 17.8 Å². The molecule has 0 aliphatic carbocycles. The van der Waals surface area contributed by atoms with Crippen molar-refractivity contribution in [2.75, 3.05) is 11.9 Å². The first-order valence-electron chi connectivity index (χ1n) is 9.64. The van der Waals surface area contributed by atoms with Gasteiger partial charge in [0, 0.05) is 5.02 Å². The van der Waals surface area contributed by atoms with E-state index >= 15 is 0 Å². The van der Waals surface area contributed by atoms with Crippen molar-refractivity contribution in [1.29, 1.82) is 0 Å². The summed E-state index contributed by atoms with van der Waals surface area (Å²) in [5, 5.41) is 5.79. The average Bonchev–Trinajstić information content (AvgIpc) is 2.87. The number of urea groups is 1. The van der Waals surface area contributed by atoms with Crippen molar-refractivity contribution >= 4 is 35.1 Å². The molecule has 158 valence electrons. The molecule has 1 fully saturated rings. The summed E-state index contributed by atoms with van der Waals surface area (Å²) in [5.41, 5.74) is -0.670. The fourth-order valence-electron chi connectivity index (χ4n) is 3.48. The van der Waals surface area contributed by atoms with Crippen LogP contribution in [0, 0.1) is 5.92 Å². The van der Waals surface area contributed by atoms with Crippen LogP contribution in [-0.4, -0.2) is 34.8 Å². The van der Waals surface area contributed by atoms with Crippen molar-refractivity contribution in [3.63, 3.8) is 0 Å². The first-order valence-corrected chi connectivity index (χ1v) is 10.0. The molecule has 1 aliphatic heterocycles. The van der Waals surface area contributed by atoms with Crippen LogP contribution < -0.4 is 15.4 Å². The summed E-state index contributed by atoms with van der Waals surface area (Å²) in [5.74, 6) is 0.238. The van der Waals surface area contributed by atoms with Gasteiger partial charge >= 0.3 is 6.03 Å². The highest BCUT2D eigenvalue weighted by Gasteiger charge is 2.48. The van der Waals surface area contributed by atoms with Crippen LogP contribution in [0.15, 0.2) is 48.5 Å². The Kier molecular flexibility index (Phi) is 6.31. The molecule has 7 nitrogen and oxygen atoms in total. The molecule has 0 aromatic heterocycles. The van der Waals surface area contributed by atoms with E-state index in [0.29, 0.717) is 28.6 Å². The Balaban J connectivity index is 1.73. The lowest BCUT2D eigenvalue weighted by molar-refractivity contribution is -0.133. The van der Waals surface area contributed by atoms with Crippen LogP contribution in [0.4, 0.5) is 10.5 Å². The van der Waals surface area contributed by atoms with Crippen LogP contribution in [-0.2, 0) is 9.59 Å². The van der Waals surface area contributed by atoms with Crippen LogP contribution in [0.1, 0.15) is 27.2 Å². The van der Waals surface area contributed by atoms with Crippen molar-refractivity contribution in [2.45, 2.75) is 32.7 Å². The molecule has 3 rings (SSSR count). The minimum Gasteiger partial charge on any atom is -0.455 e. The molecule has 1 aliphatic rings. The zero-order valence-corrected chi connectivity index (χ0v) is 17.8. The Bertz CT molecular complexity index is 964. The molecule has 2 aromatic carbocycles. The topological polar surface area (TPSA) is 87.7 Å². The number of hydrogen-bond donors (Lipinski definition) is 2. The summed E-state index contributed by atoms with van der Waals surface area (Å²) in [7, 11) is 0. The van der Waals surface area contributed by atoms with E-state index in [4.69, 9.17) is 16.3 Å².